The third-order valence-electron chi connectivity index (χ3n) is 7.66. The van der Waals surface area contributed by atoms with Gasteiger partial charge in [-0.2, -0.15) is 0 Å². The molecule has 1 aliphatic carbocycles. The summed E-state index contributed by atoms with van der Waals surface area (Å²) in [5.74, 6) is -0.592. The molecule has 1 atom stereocenters. The maximum absolute atomic E-state index is 14.4. The number of aromatic nitrogens is 1. The van der Waals surface area contributed by atoms with Gasteiger partial charge in [-0.15, -0.1) is 0 Å². The summed E-state index contributed by atoms with van der Waals surface area (Å²) in [5.41, 5.74) is 3.95. The Morgan fingerprint density at radius 2 is 1.51 bits per heavy atom. The van der Waals surface area contributed by atoms with Crippen molar-refractivity contribution in [3.8, 4) is 11.3 Å². The minimum atomic E-state index is -1.02. The van der Waals surface area contributed by atoms with E-state index in [4.69, 9.17) is 0 Å². The molecule has 0 bridgehead atoms. The van der Waals surface area contributed by atoms with Crippen molar-refractivity contribution in [3.63, 3.8) is 0 Å². The molecule has 4 aromatic rings. The van der Waals surface area contributed by atoms with Gasteiger partial charge in [-0.05, 0) is 92.6 Å². The lowest BCUT2D eigenvalue weighted by molar-refractivity contribution is -0.123. The van der Waals surface area contributed by atoms with Crippen molar-refractivity contribution >= 4 is 17.5 Å². The average molecular weight is 552 g/mol. The average Bonchev–Trinajstić information content (AvgIpc) is 3.47. The fraction of sp³-hybridized carbons (Fsp3) is 0.314. The number of carbonyl (C=O) groups excluding carboxylic acids is 2. The van der Waals surface area contributed by atoms with Crippen molar-refractivity contribution in [2.24, 2.45) is 0 Å². The third kappa shape index (κ3) is 6.76. The minimum Gasteiger partial charge on any atom is -0.351 e. The van der Waals surface area contributed by atoms with Crippen LogP contribution < -0.4 is 10.2 Å². The molecular weight excluding hydrogens is 513 g/mol. The summed E-state index contributed by atoms with van der Waals surface area (Å²) >= 11 is 0. The van der Waals surface area contributed by atoms with Crippen LogP contribution in [0.5, 0.6) is 0 Å². The number of nitrogens with zero attached hydrogens (tertiary/aromatic N) is 1. The molecular formula is C35H38FN3O2. The van der Waals surface area contributed by atoms with E-state index in [-0.39, 0.29) is 11.8 Å². The molecule has 1 fully saturated rings. The van der Waals surface area contributed by atoms with Gasteiger partial charge in [0, 0.05) is 16.9 Å². The number of anilines is 1. The Labute approximate surface area is 241 Å². The van der Waals surface area contributed by atoms with E-state index in [2.05, 4.69) is 22.4 Å². The number of benzene rings is 3. The molecule has 212 valence electrons. The number of nitrogens with one attached hydrogen (secondary N) is 2. The van der Waals surface area contributed by atoms with Gasteiger partial charge < -0.3 is 10.3 Å². The summed E-state index contributed by atoms with van der Waals surface area (Å²) < 4.78 is 14.0. The van der Waals surface area contributed by atoms with Crippen LogP contribution in [0.2, 0.25) is 0 Å². The van der Waals surface area contributed by atoms with Crippen molar-refractivity contribution in [1.29, 1.82) is 0 Å². The highest BCUT2D eigenvalue weighted by molar-refractivity contribution is 6.09. The molecule has 3 aromatic carbocycles. The largest absolute Gasteiger partial charge is 0.351 e. The molecule has 0 radical (unpaired) electrons. The highest BCUT2D eigenvalue weighted by Gasteiger charge is 2.35. The highest BCUT2D eigenvalue weighted by atomic mass is 19.1. The van der Waals surface area contributed by atoms with E-state index in [9.17, 15) is 14.0 Å². The first-order chi connectivity index (χ1) is 19.7. The monoisotopic (exact) mass is 551 g/mol. The van der Waals surface area contributed by atoms with Crippen LogP contribution in [0.25, 0.3) is 11.3 Å². The van der Waals surface area contributed by atoms with Gasteiger partial charge in [0.05, 0.1) is 0 Å². The van der Waals surface area contributed by atoms with Gasteiger partial charge in [-0.25, -0.2) is 4.39 Å². The second-order valence-electron chi connectivity index (χ2n) is 11.9. The molecule has 2 N–H and O–H groups in total. The molecule has 5 nitrogen and oxygen atoms in total. The highest BCUT2D eigenvalue weighted by Crippen LogP contribution is 2.36. The Morgan fingerprint density at radius 3 is 2.15 bits per heavy atom. The van der Waals surface area contributed by atoms with Crippen LogP contribution in [0.3, 0.4) is 0 Å². The molecule has 1 aromatic heterocycles. The van der Waals surface area contributed by atoms with Crippen molar-refractivity contribution in [1.82, 2.24) is 10.3 Å². The first kappa shape index (κ1) is 28.3. The summed E-state index contributed by atoms with van der Waals surface area (Å²) in [6.07, 6.45) is 6.07. The van der Waals surface area contributed by atoms with Gasteiger partial charge >= 0.3 is 0 Å². The Balaban J connectivity index is 1.59. The first-order valence-corrected chi connectivity index (χ1v) is 14.4. The molecule has 6 heteroatoms. The SMILES string of the molecule is CC(C)(C)NC(=O)[C@H](c1ccc(F)cc1)N(C(=O)c1ccc(-c2ccccc2)[nH]1)c1ccc(C2CCCCC2)cc1. The summed E-state index contributed by atoms with van der Waals surface area (Å²) in [6, 6.07) is 26.2. The third-order valence-corrected chi connectivity index (χ3v) is 7.66. The fourth-order valence-corrected chi connectivity index (χ4v) is 5.66. The predicted molar refractivity (Wildman–Crippen MR) is 162 cm³/mol. The van der Waals surface area contributed by atoms with Crippen LogP contribution in [0, 0.1) is 5.82 Å². The minimum absolute atomic E-state index is 0.344. The van der Waals surface area contributed by atoms with Crippen LogP contribution in [-0.4, -0.2) is 22.3 Å². The zero-order valence-electron chi connectivity index (χ0n) is 24.0. The lowest BCUT2D eigenvalue weighted by Crippen LogP contribution is -2.49. The van der Waals surface area contributed by atoms with Gasteiger partial charge in [-0.1, -0.05) is 73.9 Å². The number of H-pyrrole nitrogens is 1. The standard InChI is InChI=1S/C35H38FN3O2/c1-35(2,3)38-33(40)32(27-14-18-28(36)19-15-27)39(29-20-16-25(17-21-29)24-10-6-4-7-11-24)34(41)31-23-22-30(37-31)26-12-8-5-9-13-26/h5,8-9,12-24,32,37H,4,6-7,10-11H2,1-3H3,(H,38,40)/t32-/m0/s1. The van der Waals surface area contributed by atoms with Gasteiger partial charge in [0.2, 0.25) is 5.91 Å². The zero-order valence-corrected chi connectivity index (χ0v) is 24.0. The normalized spacial score (nSPS) is 14.8. The quantitative estimate of drug-likeness (QED) is 0.243. The Bertz CT molecular complexity index is 1460. The second-order valence-corrected chi connectivity index (χ2v) is 11.9. The van der Waals surface area contributed by atoms with E-state index in [0.717, 1.165) is 11.3 Å². The van der Waals surface area contributed by atoms with Crippen molar-refractivity contribution < 1.29 is 14.0 Å². The number of halogens is 1. The first-order valence-electron chi connectivity index (χ1n) is 14.4. The van der Waals surface area contributed by atoms with E-state index >= 15 is 0 Å². The molecule has 5 rings (SSSR count). The van der Waals surface area contributed by atoms with E-state index in [0.29, 0.717) is 22.9 Å². The summed E-state index contributed by atoms with van der Waals surface area (Å²) in [7, 11) is 0. The van der Waals surface area contributed by atoms with Gasteiger partial charge in [-0.3, -0.25) is 14.5 Å². The van der Waals surface area contributed by atoms with Gasteiger partial charge in [0.25, 0.3) is 5.91 Å². The van der Waals surface area contributed by atoms with E-state index in [1.807, 2.05) is 69.3 Å². The number of aromatic amines is 1. The maximum Gasteiger partial charge on any atom is 0.275 e. The van der Waals surface area contributed by atoms with Crippen LogP contribution in [0.15, 0.2) is 91.0 Å². The molecule has 1 aliphatic rings. The number of rotatable bonds is 7. The second kappa shape index (κ2) is 12.1. The van der Waals surface area contributed by atoms with Crippen molar-refractivity contribution in [2.45, 2.75) is 70.4 Å². The molecule has 0 aliphatic heterocycles. The molecule has 0 spiro atoms. The Hall–Kier alpha value is -4.19. The molecule has 0 saturated heterocycles. The number of hydrogen-bond acceptors (Lipinski definition) is 2. The molecule has 41 heavy (non-hydrogen) atoms. The smallest absolute Gasteiger partial charge is 0.275 e. The van der Waals surface area contributed by atoms with Crippen molar-refractivity contribution in [3.05, 3.63) is 114 Å². The molecule has 1 heterocycles. The zero-order chi connectivity index (χ0) is 29.0. The van der Waals surface area contributed by atoms with Gasteiger partial charge in [0.1, 0.15) is 17.6 Å². The van der Waals surface area contributed by atoms with E-state index < -0.39 is 17.4 Å². The Morgan fingerprint density at radius 1 is 0.854 bits per heavy atom. The number of hydrogen-bond donors (Lipinski definition) is 2. The number of carbonyl (C=O) groups is 2. The molecule has 2 amide bonds. The van der Waals surface area contributed by atoms with E-state index in [1.54, 1.807) is 18.2 Å². The fourth-order valence-electron chi connectivity index (χ4n) is 5.66. The predicted octanol–water partition coefficient (Wildman–Crippen LogP) is 8.17. The number of amides is 2. The topological polar surface area (TPSA) is 65.2 Å². The summed E-state index contributed by atoms with van der Waals surface area (Å²) in [5, 5.41) is 3.05. The van der Waals surface area contributed by atoms with E-state index in [1.165, 1.54) is 54.7 Å². The lowest BCUT2D eigenvalue weighted by Gasteiger charge is -2.34. The van der Waals surface area contributed by atoms with Crippen LogP contribution in [0.1, 0.15) is 86.5 Å². The molecule has 0 unspecified atom stereocenters. The molecule has 1 saturated carbocycles. The van der Waals surface area contributed by atoms with Gasteiger partial charge in [0.15, 0.2) is 0 Å². The van der Waals surface area contributed by atoms with Crippen LogP contribution >= 0.6 is 0 Å². The lowest BCUT2D eigenvalue weighted by atomic mass is 9.84. The summed E-state index contributed by atoms with van der Waals surface area (Å²) in [6.45, 7) is 5.69. The van der Waals surface area contributed by atoms with Crippen LogP contribution in [-0.2, 0) is 4.79 Å². The van der Waals surface area contributed by atoms with Crippen LogP contribution in [0.4, 0.5) is 10.1 Å². The Kier molecular flexibility index (Phi) is 8.39. The summed E-state index contributed by atoms with van der Waals surface area (Å²) in [4.78, 5) is 33.1. The maximum atomic E-state index is 14.4. The van der Waals surface area contributed by atoms with Crippen molar-refractivity contribution in [2.75, 3.05) is 4.90 Å².